The number of rotatable bonds is 75. The van der Waals surface area contributed by atoms with Crippen LogP contribution in [0.4, 0.5) is 0 Å². The van der Waals surface area contributed by atoms with E-state index < -0.39 is 97.5 Å². The van der Waals surface area contributed by atoms with Crippen molar-refractivity contribution in [3.8, 4) is 0 Å². The van der Waals surface area contributed by atoms with Gasteiger partial charge in [0, 0.05) is 25.7 Å². The minimum Gasteiger partial charge on any atom is -0.462 e. The average Bonchev–Trinajstić information content (AvgIpc) is 2.88. The maximum Gasteiger partial charge on any atom is 0.472 e. The van der Waals surface area contributed by atoms with Gasteiger partial charge in [-0.3, -0.25) is 37.3 Å². The molecule has 0 bridgehead atoms. The van der Waals surface area contributed by atoms with E-state index in [2.05, 4.69) is 55.4 Å². The molecule has 0 aromatic rings. The van der Waals surface area contributed by atoms with Gasteiger partial charge in [-0.2, -0.15) is 0 Å². The van der Waals surface area contributed by atoms with Crippen molar-refractivity contribution in [1.29, 1.82) is 0 Å². The normalized spacial score (nSPS) is 14.6. The van der Waals surface area contributed by atoms with Crippen LogP contribution in [0.5, 0.6) is 0 Å². The molecule has 576 valence electrons. The van der Waals surface area contributed by atoms with E-state index in [1.54, 1.807) is 0 Å². The highest BCUT2D eigenvalue weighted by Gasteiger charge is 2.30. The molecule has 19 heteroatoms. The van der Waals surface area contributed by atoms with Crippen molar-refractivity contribution in [2.45, 2.75) is 414 Å². The molecule has 0 aliphatic carbocycles. The minimum absolute atomic E-state index is 0.104. The zero-order valence-electron chi connectivity index (χ0n) is 63.7. The Balaban J connectivity index is 5.17. The molecule has 0 amide bonds. The highest BCUT2D eigenvalue weighted by molar-refractivity contribution is 7.47. The van der Waals surface area contributed by atoms with Crippen molar-refractivity contribution in [2.24, 2.45) is 23.7 Å². The van der Waals surface area contributed by atoms with E-state index in [0.717, 1.165) is 114 Å². The fourth-order valence-corrected chi connectivity index (χ4v) is 13.4. The molecule has 3 N–H and O–H groups in total. The van der Waals surface area contributed by atoms with Crippen molar-refractivity contribution in [2.75, 3.05) is 39.6 Å². The first-order chi connectivity index (χ1) is 46.7. The number of unbranched alkanes of at least 4 members (excludes halogenated alkanes) is 39. The summed E-state index contributed by atoms with van der Waals surface area (Å²) in [5.41, 5.74) is 0. The van der Waals surface area contributed by atoms with E-state index in [1.165, 1.54) is 193 Å². The van der Waals surface area contributed by atoms with E-state index in [4.69, 9.17) is 37.0 Å². The summed E-state index contributed by atoms with van der Waals surface area (Å²) >= 11 is 0. The molecule has 0 fully saturated rings. The first-order valence-electron chi connectivity index (χ1n) is 40.3. The van der Waals surface area contributed by atoms with Crippen LogP contribution in [0.2, 0.25) is 0 Å². The molecule has 4 unspecified atom stereocenters. The lowest BCUT2D eigenvalue weighted by molar-refractivity contribution is -0.161. The summed E-state index contributed by atoms with van der Waals surface area (Å²) in [6.07, 6.45) is 52.9. The molecule has 0 saturated carbocycles. The van der Waals surface area contributed by atoms with Crippen molar-refractivity contribution in [3.63, 3.8) is 0 Å². The van der Waals surface area contributed by atoms with Crippen LogP contribution in [0.1, 0.15) is 396 Å². The van der Waals surface area contributed by atoms with Crippen LogP contribution in [-0.2, 0) is 65.4 Å². The molecular weight excluding hydrogens is 1270 g/mol. The lowest BCUT2D eigenvalue weighted by atomic mass is 9.99. The van der Waals surface area contributed by atoms with Gasteiger partial charge >= 0.3 is 39.5 Å². The van der Waals surface area contributed by atoms with Gasteiger partial charge in [0.25, 0.3) is 0 Å². The second-order valence-corrected chi connectivity index (χ2v) is 32.4. The van der Waals surface area contributed by atoms with Crippen molar-refractivity contribution >= 4 is 39.5 Å². The lowest BCUT2D eigenvalue weighted by Gasteiger charge is -2.21. The van der Waals surface area contributed by atoms with Gasteiger partial charge in [0.2, 0.25) is 0 Å². The van der Waals surface area contributed by atoms with E-state index >= 15 is 0 Å². The SMILES string of the molecule is CCC(C)CCCCCCCCCCCCCCCCCCCCC(=O)OC[C@H](COP(=O)(O)OC[C@@H](O)COP(=O)(O)OC[C@@H](COC(=O)CCCCCCCCC(C)C)OC(=O)CCCCCCCCCCCC(C)C)OC(=O)CCCCCCCCCCCCC(C)CC. The Morgan fingerprint density at radius 1 is 0.289 bits per heavy atom. The molecule has 0 aliphatic heterocycles. The first kappa shape index (κ1) is 95.1. The summed E-state index contributed by atoms with van der Waals surface area (Å²) in [5.74, 6) is 0.970. The molecule has 0 saturated heterocycles. The van der Waals surface area contributed by atoms with Gasteiger partial charge in [-0.25, -0.2) is 9.13 Å². The summed E-state index contributed by atoms with van der Waals surface area (Å²) in [6, 6.07) is 0. The molecule has 97 heavy (non-hydrogen) atoms. The van der Waals surface area contributed by atoms with E-state index in [9.17, 15) is 43.2 Å². The van der Waals surface area contributed by atoms with Crippen LogP contribution >= 0.6 is 15.6 Å². The van der Waals surface area contributed by atoms with Gasteiger partial charge in [0.1, 0.15) is 19.3 Å². The second-order valence-electron chi connectivity index (χ2n) is 29.5. The molecular formula is C78H152O17P2. The number of carbonyl (C=O) groups excluding carboxylic acids is 4. The Morgan fingerprint density at radius 2 is 0.495 bits per heavy atom. The summed E-state index contributed by atoms with van der Waals surface area (Å²) in [6.45, 7) is 14.2. The number of ether oxygens (including phenoxy) is 4. The van der Waals surface area contributed by atoms with Crippen LogP contribution < -0.4 is 0 Å². The smallest absolute Gasteiger partial charge is 0.462 e. The average molecular weight is 1420 g/mol. The summed E-state index contributed by atoms with van der Waals surface area (Å²) in [5, 5.41) is 10.6. The Bertz CT molecular complexity index is 1910. The van der Waals surface area contributed by atoms with Gasteiger partial charge < -0.3 is 33.8 Å². The molecule has 17 nitrogen and oxygen atoms in total. The highest BCUT2D eigenvalue weighted by atomic mass is 31.2. The molecule has 0 spiro atoms. The largest absolute Gasteiger partial charge is 0.472 e. The number of phosphoric acid groups is 2. The summed E-state index contributed by atoms with van der Waals surface area (Å²) in [7, 11) is -9.91. The first-order valence-corrected chi connectivity index (χ1v) is 43.3. The van der Waals surface area contributed by atoms with Crippen LogP contribution in [-0.4, -0.2) is 96.7 Å². The van der Waals surface area contributed by atoms with E-state index in [-0.39, 0.29) is 25.7 Å². The van der Waals surface area contributed by atoms with Crippen LogP contribution in [0.15, 0.2) is 0 Å². The predicted molar refractivity (Wildman–Crippen MR) is 395 cm³/mol. The Labute approximate surface area is 594 Å². The number of hydrogen-bond donors (Lipinski definition) is 3. The van der Waals surface area contributed by atoms with Gasteiger partial charge in [-0.1, -0.05) is 344 Å². The van der Waals surface area contributed by atoms with Crippen LogP contribution in [0, 0.1) is 23.7 Å². The highest BCUT2D eigenvalue weighted by Crippen LogP contribution is 2.45. The fourth-order valence-electron chi connectivity index (χ4n) is 11.8. The number of hydrogen-bond acceptors (Lipinski definition) is 15. The van der Waals surface area contributed by atoms with Crippen molar-refractivity contribution in [3.05, 3.63) is 0 Å². The Hall–Kier alpha value is -1.94. The molecule has 0 rings (SSSR count). The van der Waals surface area contributed by atoms with Gasteiger partial charge in [-0.15, -0.1) is 0 Å². The molecule has 0 aliphatic rings. The molecule has 7 atom stereocenters. The van der Waals surface area contributed by atoms with Crippen molar-refractivity contribution < 1.29 is 80.2 Å². The third-order valence-electron chi connectivity index (χ3n) is 18.8. The second kappa shape index (κ2) is 67.2. The summed E-state index contributed by atoms with van der Waals surface area (Å²) < 4.78 is 68.5. The Kier molecular flexibility index (Phi) is 65.9. The summed E-state index contributed by atoms with van der Waals surface area (Å²) in [4.78, 5) is 72.8. The van der Waals surface area contributed by atoms with E-state index in [0.29, 0.717) is 31.6 Å². The number of aliphatic hydroxyl groups is 1. The third kappa shape index (κ3) is 69.5. The molecule has 0 heterocycles. The van der Waals surface area contributed by atoms with Crippen molar-refractivity contribution in [1.82, 2.24) is 0 Å². The zero-order valence-corrected chi connectivity index (χ0v) is 65.5. The Morgan fingerprint density at radius 3 is 0.732 bits per heavy atom. The monoisotopic (exact) mass is 1420 g/mol. The lowest BCUT2D eigenvalue weighted by Crippen LogP contribution is -2.30. The third-order valence-corrected chi connectivity index (χ3v) is 20.7. The number of carbonyl (C=O) groups is 4. The van der Waals surface area contributed by atoms with Crippen LogP contribution in [0.3, 0.4) is 0 Å². The molecule has 0 aromatic heterocycles. The molecule has 0 radical (unpaired) electrons. The topological polar surface area (TPSA) is 237 Å². The standard InChI is InChI=1S/C78H152O17P2/c1-9-70(7)56-48-40-31-25-19-17-15-13-11-12-14-16-18-20-27-33-42-50-58-75(80)88-64-73(94-77(82)60-52-44-34-28-22-21-26-32-41-49-57-71(8)10-2)66-92-96(84,85)90-62-72(79)63-91-97(86,87)93-67-74(65-89-76(81)59-51-43-37-36-39-47-55-69(5)6)95-78(83)61-53-45-35-29-23-24-30-38-46-54-68(3)4/h68-74,79H,9-67H2,1-8H3,(H,84,85)(H,86,87)/t70?,71?,72-,73-,74-/m1/s1. The maximum atomic E-state index is 13.1. The van der Waals surface area contributed by atoms with Gasteiger partial charge in [-0.05, 0) is 49.4 Å². The number of aliphatic hydroxyl groups excluding tert-OH is 1. The maximum absolute atomic E-state index is 13.1. The predicted octanol–water partition coefficient (Wildman–Crippen LogP) is 22.8. The quantitative estimate of drug-likeness (QED) is 0.0222. The molecule has 0 aromatic carbocycles. The minimum atomic E-state index is -4.96. The van der Waals surface area contributed by atoms with Gasteiger partial charge in [0.15, 0.2) is 12.2 Å². The fraction of sp³-hybridized carbons (Fsp3) is 0.949. The van der Waals surface area contributed by atoms with Gasteiger partial charge in [0.05, 0.1) is 26.4 Å². The zero-order chi connectivity index (χ0) is 71.7. The number of esters is 4. The number of phosphoric ester groups is 2. The van der Waals surface area contributed by atoms with Crippen LogP contribution in [0.25, 0.3) is 0 Å². The van der Waals surface area contributed by atoms with E-state index in [1.807, 2.05) is 0 Å².